The first-order chi connectivity index (χ1) is 3.72. The molecule has 0 N–H and O–H groups in total. The number of hydrogen-bond donors (Lipinski definition) is 0. The van der Waals surface area contributed by atoms with Crippen molar-refractivity contribution in [3.63, 3.8) is 0 Å². The van der Waals surface area contributed by atoms with E-state index >= 15 is 0 Å². The van der Waals surface area contributed by atoms with Gasteiger partial charge in [-0.25, -0.2) is 0 Å². The molecule has 0 atom stereocenters. The van der Waals surface area contributed by atoms with E-state index < -0.39 is 0 Å². The highest BCUT2D eigenvalue weighted by molar-refractivity contribution is 6.37. The van der Waals surface area contributed by atoms with Gasteiger partial charge in [-0.3, -0.25) is 0 Å². The molecule has 1 rings (SSSR count). The van der Waals surface area contributed by atoms with Crippen molar-refractivity contribution in [3.05, 3.63) is 5.56 Å². The highest BCUT2D eigenvalue weighted by Gasteiger charge is 1.98. The van der Waals surface area contributed by atoms with Crippen LogP contribution in [0.15, 0.2) is 4.52 Å². The van der Waals surface area contributed by atoms with Gasteiger partial charge in [0.2, 0.25) is 0 Å². The van der Waals surface area contributed by atoms with Gasteiger partial charge in [0.05, 0.1) is 5.66 Å². The lowest BCUT2D eigenvalue weighted by molar-refractivity contribution is 0.452. The summed E-state index contributed by atoms with van der Waals surface area (Å²) in [6.07, 6.45) is 0. The summed E-state index contributed by atoms with van der Waals surface area (Å²) in [6.45, 7) is 1.75. The molecule has 0 amide bonds. The van der Waals surface area contributed by atoms with Crippen LogP contribution in [0.4, 0.5) is 0 Å². The van der Waals surface area contributed by atoms with Gasteiger partial charge in [-0.2, -0.15) is 0 Å². The molecule has 4 heteroatoms. The Morgan fingerprint density at radius 2 is 2.12 bits per heavy atom. The van der Waals surface area contributed by atoms with Gasteiger partial charge < -0.3 is 4.52 Å². The quantitative estimate of drug-likeness (QED) is 0.376. The van der Waals surface area contributed by atoms with Crippen molar-refractivity contribution in [3.8, 4) is 0 Å². The minimum absolute atomic E-state index is 0.294. The van der Waals surface area contributed by atoms with Crippen LogP contribution in [0.3, 0.4) is 0 Å². The molecule has 0 aliphatic carbocycles. The molecule has 0 saturated heterocycles. The largest absolute Gasteiger partial charge is 0.374 e. The molecule has 0 unspecified atom stereocenters. The maximum atomic E-state index is 5.26. The molecule has 1 aromatic rings. The Labute approximate surface area is 50.1 Å². The number of hydrogen-bond acceptors (Lipinski definition) is 2. The van der Waals surface area contributed by atoms with Gasteiger partial charge in [0.25, 0.3) is 0 Å². The van der Waals surface area contributed by atoms with Crippen LogP contribution in [-0.2, 0) is 0 Å². The van der Waals surface area contributed by atoms with Crippen LogP contribution in [0.5, 0.6) is 0 Å². The molecule has 0 bridgehead atoms. The van der Waals surface area contributed by atoms with E-state index in [-0.39, 0.29) is 0 Å². The number of rotatable bonds is 0. The molecule has 2 nitrogen and oxygen atoms in total. The van der Waals surface area contributed by atoms with Crippen molar-refractivity contribution in [2.75, 3.05) is 0 Å². The fourth-order valence-corrected chi connectivity index (χ4v) is 0.362. The lowest BCUT2D eigenvalue weighted by Gasteiger charge is -1.81. The van der Waals surface area contributed by atoms with Crippen LogP contribution < -0.4 is 11.3 Å². The van der Waals surface area contributed by atoms with E-state index in [9.17, 15) is 0 Å². The van der Waals surface area contributed by atoms with Gasteiger partial charge in [-0.15, -0.1) is 0 Å². The third-order valence-corrected chi connectivity index (χ3v) is 0.996. The summed E-state index contributed by atoms with van der Waals surface area (Å²) >= 11 is 0. The first-order valence-corrected chi connectivity index (χ1v) is 2.19. The normalized spacial score (nSPS) is 9.62. The Hall–Kier alpha value is -0.660. The van der Waals surface area contributed by atoms with Crippen molar-refractivity contribution in [2.24, 2.45) is 0 Å². The van der Waals surface area contributed by atoms with Gasteiger partial charge >= 0.3 is 0 Å². The maximum Gasteiger partial charge on any atom is 0.172 e. The summed E-state index contributed by atoms with van der Waals surface area (Å²) in [5.41, 5.74) is 1.37. The summed E-state index contributed by atoms with van der Waals surface area (Å²) in [7, 11) is 10.5. The zero-order chi connectivity index (χ0) is 6.15. The van der Waals surface area contributed by atoms with E-state index in [1.165, 1.54) is 0 Å². The molecule has 1 aromatic heterocycles. The topological polar surface area (TPSA) is 26.0 Å². The Balaban J connectivity index is 3.19. The van der Waals surface area contributed by atoms with Crippen molar-refractivity contribution >= 4 is 26.9 Å². The van der Waals surface area contributed by atoms with Gasteiger partial charge in [0.1, 0.15) is 7.85 Å². The van der Waals surface area contributed by atoms with Crippen molar-refractivity contribution in [1.29, 1.82) is 0 Å². The Bertz CT molecular complexity index is 176. The van der Waals surface area contributed by atoms with Crippen LogP contribution in [-0.4, -0.2) is 20.8 Å². The molecule has 0 spiro atoms. The first-order valence-electron chi connectivity index (χ1n) is 2.19. The Kier molecular flexibility index (Phi) is 1.16. The van der Waals surface area contributed by atoms with Gasteiger partial charge in [0.15, 0.2) is 7.85 Å². The highest BCUT2D eigenvalue weighted by atomic mass is 16.5. The third-order valence-electron chi connectivity index (χ3n) is 0.996. The van der Waals surface area contributed by atoms with Crippen molar-refractivity contribution < 1.29 is 4.52 Å². The van der Waals surface area contributed by atoms with E-state index in [1.807, 2.05) is 0 Å². The van der Waals surface area contributed by atoms with Gasteiger partial charge in [-0.1, -0.05) is 5.16 Å². The second-order valence-electron chi connectivity index (χ2n) is 1.56. The zero-order valence-electron chi connectivity index (χ0n) is 4.51. The molecule has 1 heterocycles. The molecule has 4 radical (unpaired) electrons. The van der Waals surface area contributed by atoms with E-state index in [0.717, 1.165) is 0 Å². The van der Waals surface area contributed by atoms with E-state index in [4.69, 9.17) is 15.7 Å². The summed E-state index contributed by atoms with van der Waals surface area (Å²) < 4.78 is 4.50. The van der Waals surface area contributed by atoms with Crippen molar-refractivity contribution in [1.82, 2.24) is 5.16 Å². The van der Waals surface area contributed by atoms with Gasteiger partial charge in [-0.05, 0) is 12.5 Å². The molecular formula is C4H3B2NO. The number of nitrogens with zero attached hydrogens (tertiary/aromatic N) is 1. The zero-order valence-corrected chi connectivity index (χ0v) is 4.51. The average molecular weight is 103 g/mol. The smallest absolute Gasteiger partial charge is 0.172 e. The van der Waals surface area contributed by atoms with E-state index in [2.05, 4.69) is 9.68 Å². The minimum Gasteiger partial charge on any atom is -0.374 e. The summed E-state index contributed by atoms with van der Waals surface area (Å²) in [6, 6.07) is 0. The molecule has 0 aliphatic rings. The maximum absolute atomic E-state index is 5.26. The standard InChI is InChI=1S/C4H3B2NO/c1-2-3(5)7-8-4(2)6/h1H3. The fourth-order valence-electron chi connectivity index (χ4n) is 0.362. The fraction of sp³-hybridized carbons (Fsp3) is 0.250. The molecular weight excluding hydrogens is 99.7 g/mol. The van der Waals surface area contributed by atoms with Crippen LogP contribution in [0.25, 0.3) is 0 Å². The minimum atomic E-state index is 0.294. The Morgan fingerprint density at radius 3 is 2.25 bits per heavy atom. The molecule has 0 aliphatic heterocycles. The van der Waals surface area contributed by atoms with Gasteiger partial charge in [0, 0.05) is 5.59 Å². The third kappa shape index (κ3) is 0.660. The summed E-state index contributed by atoms with van der Waals surface area (Å²) in [5, 5.41) is 3.39. The second-order valence-corrected chi connectivity index (χ2v) is 1.56. The molecule has 8 heavy (non-hydrogen) atoms. The predicted octanol–water partition coefficient (Wildman–Crippen LogP) is -1.43. The van der Waals surface area contributed by atoms with Crippen LogP contribution in [0.2, 0.25) is 0 Å². The second kappa shape index (κ2) is 1.69. The average Bonchev–Trinajstić information content (AvgIpc) is 1.98. The van der Waals surface area contributed by atoms with Crippen molar-refractivity contribution in [2.45, 2.75) is 6.92 Å². The lowest BCUT2D eigenvalue weighted by Crippen LogP contribution is -2.11. The Morgan fingerprint density at radius 1 is 1.50 bits per heavy atom. The van der Waals surface area contributed by atoms with Crippen LogP contribution >= 0.6 is 0 Å². The predicted molar refractivity (Wildman–Crippen MR) is 32.0 cm³/mol. The molecule has 0 saturated carbocycles. The van der Waals surface area contributed by atoms with Crippen LogP contribution in [0, 0.1) is 6.92 Å². The molecule has 36 valence electrons. The summed E-state index contributed by atoms with van der Waals surface area (Å²) in [4.78, 5) is 0. The monoisotopic (exact) mass is 103 g/mol. The number of aromatic nitrogens is 1. The SMILES string of the molecule is [B]c1noc([B])c1C. The lowest BCUT2D eigenvalue weighted by atomic mass is 9.93. The molecule has 0 aromatic carbocycles. The van der Waals surface area contributed by atoms with E-state index in [0.29, 0.717) is 16.8 Å². The first kappa shape index (κ1) is 5.48. The van der Waals surface area contributed by atoms with E-state index in [1.54, 1.807) is 6.92 Å². The summed E-state index contributed by atoms with van der Waals surface area (Å²) in [5.74, 6) is 0. The van der Waals surface area contributed by atoms with Crippen LogP contribution in [0.1, 0.15) is 5.56 Å². The molecule has 0 fully saturated rings. The highest BCUT2D eigenvalue weighted by Crippen LogP contribution is 1.80.